The molecule has 3 aliphatic rings. The summed E-state index contributed by atoms with van der Waals surface area (Å²) in [6, 6.07) is 4.64. The largest absolute Gasteiger partial charge is 0.353 e. The number of piperazine rings is 1. The van der Waals surface area contributed by atoms with Crippen molar-refractivity contribution in [1.82, 2.24) is 20.4 Å². The van der Waals surface area contributed by atoms with E-state index in [-0.39, 0.29) is 5.91 Å². The summed E-state index contributed by atoms with van der Waals surface area (Å²) in [6.07, 6.45) is 7.32. The minimum atomic E-state index is 0.184. The number of anilines is 1. The van der Waals surface area contributed by atoms with E-state index in [1.54, 1.807) is 0 Å². The smallest absolute Gasteiger partial charge is 0.234 e. The zero-order valence-electron chi connectivity index (χ0n) is 14.3. The molecule has 4 rings (SSSR count). The lowest BCUT2D eigenvalue weighted by Gasteiger charge is -2.34. The van der Waals surface area contributed by atoms with Crippen LogP contribution in [-0.4, -0.2) is 59.8 Å². The average Bonchev–Trinajstić information content (AvgIpc) is 3.34. The van der Waals surface area contributed by atoms with Gasteiger partial charge in [0.1, 0.15) is 0 Å². The summed E-state index contributed by atoms with van der Waals surface area (Å²) in [5.74, 6) is 1.81. The van der Waals surface area contributed by atoms with Crippen LogP contribution in [0, 0.1) is 0 Å². The molecule has 1 aromatic rings. The fourth-order valence-corrected chi connectivity index (χ4v) is 3.78. The van der Waals surface area contributed by atoms with E-state index < -0.39 is 0 Å². The highest BCUT2D eigenvalue weighted by Gasteiger charge is 2.26. The van der Waals surface area contributed by atoms with Crippen molar-refractivity contribution >= 4 is 11.7 Å². The monoisotopic (exact) mass is 329 g/mol. The molecule has 0 spiro atoms. The molecule has 1 aromatic heterocycles. The van der Waals surface area contributed by atoms with Gasteiger partial charge in [0.2, 0.25) is 5.91 Å². The third-order valence-corrected chi connectivity index (χ3v) is 5.45. The Labute approximate surface area is 143 Å². The number of hydrogen-bond acceptors (Lipinski definition) is 5. The molecule has 3 fully saturated rings. The van der Waals surface area contributed by atoms with Crippen LogP contribution in [0.25, 0.3) is 0 Å². The van der Waals surface area contributed by atoms with Crippen molar-refractivity contribution < 1.29 is 4.79 Å². The van der Waals surface area contributed by atoms with E-state index >= 15 is 0 Å². The fourth-order valence-electron chi connectivity index (χ4n) is 3.78. The third-order valence-electron chi connectivity index (χ3n) is 5.45. The van der Waals surface area contributed by atoms with Gasteiger partial charge in [-0.3, -0.25) is 9.69 Å². The predicted octanol–water partition coefficient (Wildman–Crippen LogP) is 1.53. The topological polar surface area (TPSA) is 61.4 Å². The number of rotatable bonds is 5. The van der Waals surface area contributed by atoms with Gasteiger partial charge in [0.25, 0.3) is 0 Å². The van der Waals surface area contributed by atoms with E-state index in [4.69, 9.17) is 0 Å². The Morgan fingerprint density at radius 1 is 1.04 bits per heavy atom. The molecule has 1 saturated heterocycles. The highest BCUT2D eigenvalue weighted by atomic mass is 16.2. The van der Waals surface area contributed by atoms with Crippen molar-refractivity contribution in [2.45, 2.75) is 50.5 Å². The van der Waals surface area contributed by atoms with Gasteiger partial charge in [0.05, 0.1) is 12.2 Å². The number of aromatic nitrogens is 2. The van der Waals surface area contributed by atoms with Crippen LogP contribution in [0.5, 0.6) is 0 Å². The first-order valence-corrected chi connectivity index (χ1v) is 9.38. The van der Waals surface area contributed by atoms with Gasteiger partial charge in [-0.1, -0.05) is 12.8 Å². The van der Waals surface area contributed by atoms with Crippen molar-refractivity contribution in [3.63, 3.8) is 0 Å². The van der Waals surface area contributed by atoms with Crippen LogP contribution in [0.2, 0.25) is 0 Å². The minimum absolute atomic E-state index is 0.184. The summed E-state index contributed by atoms with van der Waals surface area (Å²) >= 11 is 0. The van der Waals surface area contributed by atoms with Gasteiger partial charge in [-0.25, -0.2) is 0 Å². The zero-order valence-corrected chi connectivity index (χ0v) is 14.3. The number of carbonyl (C=O) groups excluding carboxylic acids is 1. The lowest BCUT2D eigenvalue weighted by atomic mass is 10.2. The SMILES string of the molecule is O=C(CN1CCN(c2ccc(C3CC3)nn2)CC1)NC1CCCC1. The molecule has 1 aliphatic heterocycles. The molecule has 2 saturated carbocycles. The Morgan fingerprint density at radius 2 is 1.79 bits per heavy atom. The van der Waals surface area contributed by atoms with E-state index in [0.717, 1.165) is 50.5 Å². The van der Waals surface area contributed by atoms with Crippen LogP contribution in [0.1, 0.15) is 50.1 Å². The van der Waals surface area contributed by atoms with Gasteiger partial charge in [-0.05, 0) is 37.8 Å². The van der Waals surface area contributed by atoms with Crippen LogP contribution >= 0.6 is 0 Å². The standard InChI is InChI=1S/C18H27N5O/c24-18(19-15-3-1-2-4-15)13-22-9-11-23(12-10-22)17-8-7-16(20-21-17)14-5-6-14/h7-8,14-15H,1-6,9-13H2,(H,19,24). The summed E-state index contributed by atoms with van der Waals surface area (Å²) in [7, 11) is 0. The molecule has 2 aliphatic carbocycles. The summed E-state index contributed by atoms with van der Waals surface area (Å²) in [6.45, 7) is 4.16. The van der Waals surface area contributed by atoms with Gasteiger partial charge in [0.15, 0.2) is 5.82 Å². The fraction of sp³-hybridized carbons (Fsp3) is 0.722. The maximum absolute atomic E-state index is 12.1. The van der Waals surface area contributed by atoms with E-state index in [1.807, 2.05) is 0 Å². The molecule has 6 heteroatoms. The number of nitrogens with zero attached hydrogens (tertiary/aromatic N) is 4. The molecule has 1 amide bonds. The first-order valence-electron chi connectivity index (χ1n) is 9.38. The minimum Gasteiger partial charge on any atom is -0.353 e. The molecule has 2 heterocycles. The summed E-state index contributed by atoms with van der Waals surface area (Å²) in [5, 5.41) is 11.9. The molecule has 0 bridgehead atoms. The maximum atomic E-state index is 12.1. The summed E-state index contributed by atoms with van der Waals surface area (Å²) in [5.41, 5.74) is 1.14. The second-order valence-corrected chi connectivity index (χ2v) is 7.40. The van der Waals surface area contributed by atoms with Gasteiger partial charge < -0.3 is 10.2 Å². The summed E-state index contributed by atoms with van der Waals surface area (Å²) in [4.78, 5) is 16.7. The van der Waals surface area contributed by atoms with E-state index in [2.05, 4.69) is 37.4 Å². The number of amides is 1. The zero-order chi connectivity index (χ0) is 16.4. The van der Waals surface area contributed by atoms with Gasteiger partial charge in [0, 0.05) is 38.1 Å². The Bertz CT molecular complexity index is 557. The average molecular weight is 329 g/mol. The Hall–Kier alpha value is -1.69. The maximum Gasteiger partial charge on any atom is 0.234 e. The van der Waals surface area contributed by atoms with E-state index in [0.29, 0.717) is 18.5 Å². The van der Waals surface area contributed by atoms with Crippen molar-refractivity contribution in [2.75, 3.05) is 37.6 Å². The number of carbonyl (C=O) groups is 1. The highest BCUT2D eigenvalue weighted by Crippen LogP contribution is 2.38. The van der Waals surface area contributed by atoms with Crippen LogP contribution in [0.15, 0.2) is 12.1 Å². The van der Waals surface area contributed by atoms with Crippen LogP contribution in [0.4, 0.5) is 5.82 Å². The second kappa shape index (κ2) is 7.05. The summed E-state index contributed by atoms with van der Waals surface area (Å²) < 4.78 is 0. The van der Waals surface area contributed by atoms with Crippen LogP contribution in [-0.2, 0) is 4.79 Å². The van der Waals surface area contributed by atoms with Crippen LogP contribution < -0.4 is 10.2 Å². The lowest BCUT2D eigenvalue weighted by molar-refractivity contribution is -0.123. The molecule has 24 heavy (non-hydrogen) atoms. The van der Waals surface area contributed by atoms with Crippen molar-refractivity contribution in [2.24, 2.45) is 0 Å². The van der Waals surface area contributed by atoms with Crippen molar-refractivity contribution in [3.05, 3.63) is 17.8 Å². The van der Waals surface area contributed by atoms with E-state index in [1.165, 1.54) is 25.7 Å². The molecule has 0 radical (unpaired) electrons. The normalized spacial score (nSPS) is 22.8. The van der Waals surface area contributed by atoms with Gasteiger partial charge >= 0.3 is 0 Å². The molecule has 6 nitrogen and oxygen atoms in total. The Kier molecular flexibility index (Phi) is 4.65. The number of nitrogens with one attached hydrogen (secondary N) is 1. The van der Waals surface area contributed by atoms with Gasteiger partial charge in [-0.2, -0.15) is 5.10 Å². The van der Waals surface area contributed by atoms with Crippen LogP contribution in [0.3, 0.4) is 0 Å². The molecular formula is C18H27N5O. The predicted molar refractivity (Wildman–Crippen MR) is 93.1 cm³/mol. The molecule has 0 unspecified atom stereocenters. The first kappa shape index (κ1) is 15.8. The van der Waals surface area contributed by atoms with Gasteiger partial charge in [-0.15, -0.1) is 5.10 Å². The Morgan fingerprint density at radius 3 is 2.42 bits per heavy atom. The molecule has 0 aromatic carbocycles. The molecular weight excluding hydrogens is 302 g/mol. The first-order chi connectivity index (χ1) is 11.8. The van der Waals surface area contributed by atoms with E-state index in [9.17, 15) is 4.79 Å². The number of hydrogen-bond donors (Lipinski definition) is 1. The second-order valence-electron chi connectivity index (χ2n) is 7.40. The Balaban J connectivity index is 1.23. The lowest BCUT2D eigenvalue weighted by Crippen LogP contribution is -2.50. The third kappa shape index (κ3) is 3.86. The molecule has 0 atom stereocenters. The molecule has 130 valence electrons. The van der Waals surface area contributed by atoms with Crippen molar-refractivity contribution in [3.8, 4) is 0 Å². The quantitative estimate of drug-likeness (QED) is 0.888. The van der Waals surface area contributed by atoms with Crippen molar-refractivity contribution in [1.29, 1.82) is 0 Å². The molecule has 1 N–H and O–H groups in total. The highest BCUT2D eigenvalue weighted by molar-refractivity contribution is 5.78.